The molecule has 0 spiro atoms. The molecule has 0 bridgehead atoms. The third kappa shape index (κ3) is 3.28. The van der Waals surface area contributed by atoms with E-state index in [1.165, 1.54) is 6.07 Å². The molecule has 88 valence electrons. The first kappa shape index (κ1) is 13.1. The van der Waals surface area contributed by atoms with Gasteiger partial charge in [0.05, 0.1) is 5.56 Å². The Morgan fingerprint density at radius 1 is 1.56 bits per heavy atom. The Morgan fingerprint density at radius 3 is 2.81 bits per heavy atom. The summed E-state index contributed by atoms with van der Waals surface area (Å²) in [5.41, 5.74) is 0.0470. The Kier molecular flexibility index (Phi) is 4.89. The van der Waals surface area contributed by atoms with Crippen molar-refractivity contribution in [3.63, 3.8) is 0 Å². The molecule has 0 aliphatic rings. The number of hydrogen-bond acceptors (Lipinski definition) is 2. The molecular weight excluding hydrogens is 275 g/mol. The first-order valence-electron chi connectivity index (χ1n) is 4.95. The molecule has 3 nitrogen and oxygen atoms in total. The predicted octanol–water partition coefficient (Wildman–Crippen LogP) is 1.93. The monoisotopic (exact) mass is 288 g/mol. The van der Waals surface area contributed by atoms with Gasteiger partial charge in [-0.05, 0) is 42.0 Å². The van der Waals surface area contributed by atoms with Crippen molar-refractivity contribution in [2.45, 2.75) is 13.0 Å². The van der Waals surface area contributed by atoms with E-state index in [-0.39, 0.29) is 11.6 Å². The van der Waals surface area contributed by atoms with Crippen LogP contribution in [0.1, 0.15) is 17.3 Å². The minimum Gasteiger partial charge on any atom is -0.350 e. The van der Waals surface area contributed by atoms with E-state index < -0.39 is 11.7 Å². The molecule has 0 aliphatic carbocycles. The summed E-state index contributed by atoms with van der Waals surface area (Å²) in [6.45, 7) is 2.38. The Hall–Kier alpha value is -0.940. The molecule has 2 N–H and O–H groups in total. The van der Waals surface area contributed by atoms with E-state index in [1.807, 2.05) is 6.92 Å². The van der Waals surface area contributed by atoms with Crippen molar-refractivity contribution in [2.75, 3.05) is 13.6 Å². The van der Waals surface area contributed by atoms with E-state index in [0.717, 1.165) is 0 Å². The highest BCUT2D eigenvalue weighted by Gasteiger charge is 2.15. The minimum atomic E-state index is -0.524. The fourth-order valence-corrected chi connectivity index (χ4v) is 1.67. The van der Waals surface area contributed by atoms with Gasteiger partial charge in [-0.1, -0.05) is 6.07 Å². The van der Waals surface area contributed by atoms with Crippen LogP contribution in [0.25, 0.3) is 0 Å². The van der Waals surface area contributed by atoms with Crippen LogP contribution >= 0.6 is 15.9 Å². The van der Waals surface area contributed by atoms with Gasteiger partial charge in [-0.2, -0.15) is 0 Å². The summed E-state index contributed by atoms with van der Waals surface area (Å²) in [6, 6.07) is 4.60. The second-order valence-electron chi connectivity index (χ2n) is 3.50. The molecule has 1 atom stereocenters. The highest BCUT2D eigenvalue weighted by molar-refractivity contribution is 9.10. The summed E-state index contributed by atoms with van der Waals surface area (Å²) in [6.07, 6.45) is 0. The number of rotatable bonds is 4. The summed E-state index contributed by atoms with van der Waals surface area (Å²) < 4.78 is 13.9. The fraction of sp³-hybridized carbons (Fsp3) is 0.364. The Bertz CT molecular complexity index is 364. The lowest BCUT2D eigenvalue weighted by Gasteiger charge is -2.12. The molecule has 0 saturated heterocycles. The van der Waals surface area contributed by atoms with Crippen LogP contribution in [0, 0.1) is 5.82 Å². The Morgan fingerprint density at radius 2 is 2.25 bits per heavy atom. The van der Waals surface area contributed by atoms with Crippen molar-refractivity contribution in [3.8, 4) is 0 Å². The molecule has 0 aliphatic heterocycles. The smallest absolute Gasteiger partial charge is 0.255 e. The van der Waals surface area contributed by atoms with E-state index in [9.17, 15) is 9.18 Å². The molecule has 1 rings (SSSR count). The second kappa shape index (κ2) is 5.96. The van der Waals surface area contributed by atoms with E-state index in [1.54, 1.807) is 19.2 Å². The second-order valence-corrected chi connectivity index (χ2v) is 4.35. The summed E-state index contributed by atoms with van der Waals surface area (Å²) in [7, 11) is 1.80. The number of amides is 1. The van der Waals surface area contributed by atoms with Crippen LogP contribution < -0.4 is 10.6 Å². The number of hydrogen-bond donors (Lipinski definition) is 2. The van der Waals surface area contributed by atoms with Gasteiger partial charge in [0.2, 0.25) is 0 Å². The molecule has 1 unspecified atom stereocenters. The molecule has 1 aromatic rings. The van der Waals surface area contributed by atoms with Crippen molar-refractivity contribution in [1.82, 2.24) is 10.6 Å². The van der Waals surface area contributed by atoms with Crippen LogP contribution in [0.3, 0.4) is 0 Å². The summed E-state index contributed by atoms with van der Waals surface area (Å²) in [4.78, 5) is 11.7. The molecule has 1 aromatic carbocycles. The fourth-order valence-electron chi connectivity index (χ4n) is 1.15. The maximum Gasteiger partial charge on any atom is 0.255 e. The molecule has 0 saturated carbocycles. The highest BCUT2D eigenvalue weighted by atomic mass is 79.9. The van der Waals surface area contributed by atoms with Crippen LogP contribution in [0.4, 0.5) is 4.39 Å². The highest BCUT2D eigenvalue weighted by Crippen LogP contribution is 2.19. The lowest BCUT2D eigenvalue weighted by molar-refractivity contribution is 0.0945. The van der Waals surface area contributed by atoms with Crippen LogP contribution in [-0.2, 0) is 0 Å². The Balaban J connectivity index is 2.73. The van der Waals surface area contributed by atoms with Crippen molar-refractivity contribution in [1.29, 1.82) is 0 Å². The van der Waals surface area contributed by atoms with Gasteiger partial charge in [-0.15, -0.1) is 0 Å². The van der Waals surface area contributed by atoms with Gasteiger partial charge < -0.3 is 10.6 Å². The van der Waals surface area contributed by atoms with Crippen molar-refractivity contribution >= 4 is 21.8 Å². The summed E-state index contributed by atoms with van der Waals surface area (Å²) in [5, 5.41) is 5.64. The van der Waals surface area contributed by atoms with Crippen molar-refractivity contribution in [2.24, 2.45) is 0 Å². The van der Waals surface area contributed by atoms with Gasteiger partial charge in [0, 0.05) is 17.1 Å². The van der Waals surface area contributed by atoms with E-state index in [0.29, 0.717) is 11.0 Å². The third-order valence-corrected chi connectivity index (χ3v) is 2.91. The van der Waals surface area contributed by atoms with E-state index in [2.05, 4.69) is 26.6 Å². The SMILES string of the molecule is CNC(C)CNC(=O)c1c(F)cccc1Br. The van der Waals surface area contributed by atoms with Gasteiger partial charge in [0.25, 0.3) is 5.91 Å². The van der Waals surface area contributed by atoms with Gasteiger partial charge in [-0.3, -0.25) is 4.79 Å². The van der Waals surface area contributed by atoms with Gasteiger partial charge in [-0.25, -0.2) is 4.39 Å². The number of nitrogens with one attached hydrogen (secondary N) is 2. The van der Waals surface area contributed by atoms with Gasteiger partial charge >= 0.3 is 0 Å². The van der Waals surface area contributed by atoms with Crippen LogP contribution in [0.5, 0.6) is 0 Å². The number of likely N-dealkylation sites (N-methyl/N-ethyl adjacent to an activating group) is 1. The van der Waals surface area contributed by atoms with Crippen molar-refractivity contribution < 1.29 is 9.18 Å². The standard InChI is InChI=1S/C11H14BrFN2O/c1-7(14-2)6-15-11(16)10-8(12)4-3-5-9(10)13/h3-5,7,14H,6H2,1-2H3,(H,15,16). The van der Waals surface area contributed by atoms with Crippen molar-refractivity contribution in [3.05, 3.63) is 34.1 Å². The lowest BCUT2D eigenvalue weighted by atomic mass is 10.2. The largest absolute Gasteiger partial charge is 0.350 e. The normalized spacial score (nSPS) is 12.2. The quantitative estimate of drug-likeness (QED) is 0.889. The zero-order chi connectivity index (χ0) is 12.1. The van der Waals surface area contributed by atoms with Crippen LogP contribution in [-0.4, -0.2) is 25.5 Å². The van der Waals surface area contributed by atoms with Crippen LogP contribution in [0.15, 0.2) is 22.7 Å². The maximum atomic E-state index is 13.4. The first-order valence-corrected chi connectivity index (χ1v) is 5.75. The molecule has 0 aromatic heterocycles. The van der Waals surface area contributed by atoms with Crippen LogP contribution in [0.2, 0.25) is 0 Å². The number of carbonyl (C=O) groups is 1. The number of benzene rings is 1. The maximum absolute atomic E-state index is 13.4. The molecule has 1 amide bonds. The summed E-state index contributed by atoms with van der Waals surface area (Å²) >= 11 is 3.16. The summed E-state index contributed by atoms with van der Waals surface area (Å²) in [5.74, 6) is -0.934. The molecule has 0 radical (unpaired) electrons. The molecular formula is C11H14BrFN2O. The zero-order valence-electron chi connectivity index (χ0n) is 9.18. The molecule has 0 fully saturated rings. The predicted molar refractivity (Wildman–Crippen MR) is 65.0 cm³/mol. The topological polar surface area (TPSA) is 41.1 Å². The molecule has 0 heterocycles. The molecule has 16 heavy (non-hydrogen) atoms. The average Bonchev–Trinajstić information content (AvgIpc) is 2.25. The minimum absolute atomic E-state index is 0.0470. The van der Waals surface area contributed by atoms with E-state index >= 15 is 0 Å². The van der Waals surface area contributed by atoms with E-state index in [4.69, 9.17) is 0 Å². The Labute approximate surface area is 103 Å². The van der Waals surface area contributed by atoms with Gasteiger partial charge in [0.1, 0.15) is 5.82 Å². The zero-order valence-corrected chi connectivity index (χ0v) is 10.8. The lowest BCUT2D eigenvalue weighted by Crippen LogP contribution is -2.37. The first-order chi connectivity index (χ1) is 7.56. The average molecular weight is 289 g/mol. The third-order valence-electron chi connectivity index (χ3n) is 2.25. The number of halogens is 2. The van der Waals surface area contributed by atoms with Gasteiger partial charge in [0.15, 0.2) is 0 Å². The number of carbonyl (C=O) groups excluding carboxylic acids is 1. The molecule has 5 heteroatoms.